The van der Waals surface area contributed by atoms with Gasteiger partial charge in [-0.05, 0) is 80.6 Å². The van der Waals surface area contributed by atoms with Crippen LogP contribution in [-0.2, 0) is 23.0 Å². The molecule has 174 valence electrons. The van der Waals surface area contributed by atoms with Crippen molar-refractivity contribution in [2.75, 3.05) is 44.8 Å². The van der Waals surface area contributed by atoms with Crippen LogP contribution in [-0.4, -0.2) is 62.4 Å². The maximum absolute atomic E-state index is 13.1. The molecule has 0 atom stereocenters. The second-order valence-electron chi connectivity index (χ2n) is 8.80. The molecule has 0 bridgehead atoms. The van der Waals surface area contributed by atoms with Crippen LogP contribution in [0.4, 0.5) is 0 Å². The van der Waals surface area contributed by atoms with Gasteiger partial charge in [-0.3, -0.25) is 0 Å². The van der Waals surface area contributed by atoms with Crippen molar-refractivity contribution < 1.29 is 13.2 Å². The van der Waals surface area contributed by atoms with Gasteiger partial charge in [-0.2, -0.15) is 4.31 Å². The van der Waals surface area contributed by atoms with E-state index in [1.54, 1.807) is 23.2 Å². The average molecular weight is 475 g/mol. The van der Waals surface area contributed by atoms with E-state index in [1.165, 1.54) is 18.4 Å². The molecule has 1 saturated heterocycles. The number of likely N-dealkylation sites (tertiary alicyclic amines) is 1. The Balaban J connectivity index is 1.24. The van der Waals surface area contributed by atoms with Crippen LogP contribution < -0.4 is 4.74 Å². The molecular formula is C25H34N2O3S2. The fourth-order valence-corrected chi connectivity index (χ4v) is 7.25. The molecule has 0 aromatic heterocycles. The summed E-state index contributed by atoms with van der Waals surface area (Å²) in [6.07, 6.45) is 4.25. The van der Waals surface area contributed by atoms with Gasteiger partial charge >= 0.3 is 0 Å². The highest BCUT2D eigenvalue weighted by Crippen LogP contribution is 2.31. The summed E-state index contributed by atoms with van der Waals surface area (Å²) in [5, 5.41) is 0. The number of hydrogen-bond donors (Lipinski definition) is 0. The number of piperidine rings is 1. The summed E-state index contributed by atoms with van der Waals surface area (Å²) >= 11 is 1.73. The van der Waals surface area contributed by atoms with E-state index in [1.807, 2.05) is 18.2 Å². The summed E-state index contributed by atoms with van der Waals surface area (Å²) in [4.78, 5) is 3.59. The van der Waals surface area contributed by atoms with Gasteiger partial charge < -0.3 is 9.64 Å². The smallest absolute Gasteiger partial charge is 0.214 e. The van der Waals surface area contributed by atoms with E-state index in [9.17, 15) is 8.42 Å². The molecule has 0 spiro atoms. The van der Waals surface area contributed by atoms with E-state index in [0.717, 1.165) is 53.9 Å². The van der Waals surface area contributed by atoms with Crippen molar-refractivity contribution >= 4 is 21.8 Å². The summed E-state index contributed by atoms with van der Waals surface area (Å²) in [6.45, 7) is 4.02. The lowest BCUT2D eigenvalue weighted by molar-refractivity contribution is 0.184. The topological polar surface area (TPSA) is 49.9 Å². The van der Waals surface area contributed by atoms with Crippen LogP contribution in [0, 0.1) is 5.92 Å². The number of benzene rings is 2. The van der Waals surface area contributed by atoms with E-state index >= 15 is 0 Å². The first-order valence-electron chi connectivity index (χ1n) is 11.6. The van der Waals surface area contributed by atoms with Crippen LogP contribution in [0.1, 0.15) is 30.4 Å². The standard InChI is InChI=1S/C25H34N2O3S2/c1-30-24-8-9-25-23(19-24)20-27(15-16-31-25)32(28,29)17-5-12-26-13-10-22(11-14-26)18-21-6-3-2-4-7-21/h2-4,6-9,19,22H,5,10-18,20H2,1H3. The van der Waals surface area contributed by atoms with Crippen LogP contribution in [0.3, 0.4) is 0 Å². The molecule has 0 N–H and O–H groups in total. The van der Waals surface area contributed by atoms with Gasteiger partial charge in [0, 0.05) is 23.7 Å². The lowest BCUT2D eigenvalue weighted by atomic mass is 9.90. The number of methoxy groups -OCH3 is 1. The van der Waals surface area contributed by atoms with Gasteiger partial charge in [0.2, 0.25) is 10.0 Å². The van der Waals surface area contributed by atoms with Crippen LogP contribution in [0.15, 0.2) is 53.4 Å². The molecule has 0 aliphatic carbocycles. The number of thioether (sulfide) groups is 1. The van der Waals surface area contributed by atoms with Crippen molar-refractivity contribution in [2.24, 2.45) is 5.92 Å². The zero-order chi connectivity index (χ0) is 22.4. The lowest BCUT2D eigenvalue weighted by Crippen LogP contribution is -2.37. The Morgan fingerprint density at radius 2 is 1.84 bits per heavy atom. The van der Waals surface area contributed by atoms with E-state index in [4.69, 9.17) is 4.74 Å². The second-order valence-corrected chi connectivity index (χ2v) is 12.0. The van der Waals surface area contributed by atoms with Gasteiger partial charge in [-0.1, -0.05) is 30.3 Å². The minimum atomic E-state index is -3.27. The number of hydrogen-bond acceptors (Lipinski definition) is 5. The molecular weight excluding hydrogens is 440 g/mol. The third kappa shape index (κ3) is 6.28. The first-order valence-corrected chi connectivity index (χ1v) is 14.2. The minimum absolute atomic E-state index is 0.223. The minimum Gasteiger partial charge on any atom is -0.497 e. The van der Waals surface area contributed by atoms with Crippen molar-refractivity contribution in [1.82, 2.24) is 9.21 Å². The molecule has 4 rings (SSSR count). The average Bonchev–Trinajstić information content (AvgIpc) is 3.03. The molecule has 2 heterocycles. The molecule has 7 heteroatoms. The number of nitrogens with zero attached hydrogens (tertiary/aromatic N) is 2. The number of ether oxygens (including phenoxy) is 1. The molecule has 2 aromatic rings. The summed E-state index contributed by atoms with van der Waals surface area (Å²) in [6, 6.07) is 16.7. The highest BCUT2D eigenvalue weighted by Gasteiger charge is 2.26. The largest absolute Gasteiger partial charge is 0.497 e. The number of fused-ring (bicyclic) bond motifs is 1. The SMILES string of the molecule is COc1ccc2c(c1)CN(S(=O)(=O)CCCN1CCC(Cc3ccccc3)CC1)CCS2. The van der Waals surface area contributed by atoms with Crippen LogP contribution in [0.2, 0.25) is 0 Å². The third-order valence-corrected chi connectivity index (χ3v) is 9.56. The van der Waals surface area contributed by atoms with Crippen molar-refractivity contribution in [2.45, 2.75) is 37.1 Å². The lowest BCUT2D eigenvalue weighted by Gasteiger charge is -2.32. The molecule has 0 saturated carbocycles. The first kappa shape index (κ1) is 23.6. The molecule has 32 heavy (non-hydrogen) atoms. The molecule has 2 aliphatic rings. The summed E-state index contributed by atoms with van der Waals surface area (Å²) < 4.78 is 33.1. The van der Waals surface area contributed by atoms with Gasteiger partial charge in [0.05, 0.1) is 12.9 Å². The summed E-state index contributed by atoms with van der Waals surface area (Å²) in [5.41, 5.74) is 2.46. The van der Waals surface area contributed by atoms with E-state index in [-0.39, 0.29) is 5.75 Å². The number of rotatable bonds is 8. The molecule has 0 radical (unpaired) electrons. The zero-order valence-corrected chi connectivity index (χ0v) is 20.5. The van der Waals surface area contributed by atoms with Gasteiger partial charge in [-0.25, -0.2) is 8.42 Å². The monoisotopic (exact) mass is 474 g/mol. The Bertz CT molecular complexity index is 974. The zero-order valence-electron chi connectivity index (χ0n) is 18.9. The third-order valence-electron chi connectivity index (χ3n) is 6.56. The second kappa shape index (κ2) is 11.1. The molecule has 0 amide bonds. The predicted molar refractivity (Wildman–Crippen MR) is 132 cm³/mol. The number of sulfonamides is 1. The van der Waals surface area contributed by atoms with Crippen molar-refractivity contribution in [3.8, 4) is 5.75 Å². The van der Waals surface area contributed by atoms with Crippen molar-refractivity contribution in [1.29, 1.82) is 0 Å². The molecule has 0 unspecified atom stereocenters. The molecule has 2 aromatic carbocycles. The Morgan fingerprint density at radius 1 is 1.06 bits per heavy atom. The Labute approximate surface area is 197 Å². The first-order chi connectivity index (χ1) is 15.5. The predicted octanol–water partition coefficient (Wildman–Crippen LogP) is 4.28. The summed E-state index contributed by atoms with van der Waals surface area (Å²) in [5.74, 6) is 2.53. The van der Waals surface area contributed by atoms with E-state index < -0.39 is 10.0 Å². The maximum atomic E-state index is 13.1. The normalized spacial score (nSPS) is 18.8. The quantitative estimate of drug-likeness (QED) is 0.572. The molecule has 5 nitrogen and oxygen atoms in total. The van der Waals surface area contributed by atoms with E-state index in [0.29, 0.717) is 19.5 Å². The van der Waals surface area contributed by atoms with Crippen LogP contribution in [0.5, 0.6) is 5.75 Å². The highest BCUT2D eigenvalue weighted by atomic mass is 32.2. The van der Waals surface area contributed by atoms with Crippen molar-refractivity contribution in [3.63, 3.8) is 0 Å². The van der Waals surface area contributed by atoms with Crippen molar-refractivity contribution in [3.05, 3.63) is 59.7 Å². The molecule has 2 aliphatic heterocycles. The van der Waals surface area contributed by atoms with Gasteiger partial charge in [0.25, 0.3) is 0 Å². The van der Waals surface area contributed by atoms with Crippen LogP contribution in [0.25, 0.3) is 0 Å². The van der Waals surface area contributed by atoms with E-state index in [2.05, 4.69) is 35.2 Å². The van der Waals surface area contributed by atoms with Gasteiger partial charge in [0.15, 0.2) is 0 Å². The van der Waals surface area contributed by atoms with Crippen LogP contribution >= 0.6 is 11.8 Å². The Morgan fingerprint density at radius 3 is 2.59 bits per heavy atom. The van der Waals surface area contributed by atoms with Gasteiger partial charge in [0.1, 0.15) is 5.75 Å². The fourth-order valence-electron chi connectivity index (χ4n) is 4.67. The van der Waals surface area contributed by atoms with Gasteiger partial charge in [-0.15, -0.1) is 11.8 Å². The highest BCUT2D eigenvalue weighted by molar-refractivity contribution is 7.99. The maximum Gasteiger partial charge on any atom is 0.214 e. The summed E-state index contributed by atoms with van der Waals surface area (Å²) in [7, 11) is -1.63. The Kier molecular flexibility index (Phi) is 8.16. The molecule has 1 fully saturated rings. The fraction of sp³-hybridized carbons (Fsp3) is 0.520. The Hall–Kier alpha value is -1.54.